The van der Waals surface area contributed by atoms with Crippen LogP contribution in [-0.2, 0) is 65.4 Å². The molecule has 0 saturated heterocycles. The van der Waals surface area contributed by atoms with Gasteiger partial charge in [-0.3, -0.25) is 37.3 Å². The summed E-state index contributed by atoms with van der Waals surface area (Å²) in [5.74, 6) is -1.31. The number of ether oxygens (including phenoxy) is 4. The number of unbranched alkanes of at least 4 members (excludes halogenated alkanes) is 57. The zero-order valence-electron chi connectivity index (χ0n) is 68.2. The summed E-state index contributed by atoms with van der Waals surface area (Å²) in [6.45, 7) is 7.39. The van der Waals surface area contributed by atoms with Gasteiger partial charge in [0.05, 0.1) is 26.4 Å². The highest BCUT2D eigenvalue weighted by molar-refractivity contribution is 7.47. The number of rotatable bonds is 85. The van der Waals surface area contributed by atoms with Crippen molar-refractivity contribution in [1.29, 1.82) is 0 Å². The van der Waals surface area contributed by atoms with E-state index in [2.05, 4.69) is 34.6 Å². The lowest BCUT2D eigenvalue weighted by molar-refractivity contribution is -0.161. The van der Waals surface area contributed by atoms with E-state index in [-0.39, 0.29) is 25.7 Å². The van der Waals surface area contributed by atoms with Gasteiger partial charge in [0, 0.05) is 25.7 Å². The molecule has 0 heterocycles. The van der Waals surface area contributed by atoms with Crippen molar-refractivity contribution in [3.8, 4) is 0 Å². The number of hydrogen-bond donors (Lipinski definition) is 3. The molecule has 0 rings (SSSR count). The summed E-state index contributed by atoms with van der Waals surface area (Å²) < 4.78 is 68.9. The second-order valence-corrected chi connectivity index (χ2v) is 34.0. The number of carbonyl (C=O) groups excluding carboxylic acids is 4. The first-order valence-electron chi connectivity index (χ1n) is 44.1. The van der Waals surface area contributed by atoms with E-state index in [1.165, 1.54) is 283 Å². The topological polar surface area (TPSA) is 237 Å². The van der Waals surface area contributed by atoms with E-state index in [0.29, 0.717) is 25.7 Å². The van der Waals surface area contributed by atoms with E-state index in [4.69, 9.17) is 37.0 Å². The van der Waals surface area contributed by atoms with Crippen molar-refractivity contribution < 1.29 is 80.2 Å². The molecule has 0 aromatic carbocycles. The van der Waals surface area contributed by atoms with Gasteiger partial charge >= 0.3 is 39.5 Å². The van der Waals surface area contributed by atoms with Crippen LogP contribution in [0.3, 0.4) is 0 Å². The Morgan fingerprint density at radius 3 is 0.654 bits per heavy atom. The van der Waals surface area contributed by atoms with Crippen LogP contribution >= 0.6 is 15.6 Å². The SMILES string of the molecule is CCCCCCCCCCCCCCCCCCCCCCC(=O)O[C@H](COC(=O)CCCCCCCCCCCCCCCC(C)C)COP(=O)(O)OC[C@@H](O)COP(=O)(O)OC[C@@H](COC(=O)CCCCCCCCCCCCCCC)OC(=O)CCCCCCCCCCCCCCCCC. The molecule has 0 spiro atoms. The first-order valence-corrected chi connectivity index (χ1v) is 47.1. The maximum Gasteiger partial charge on any atom is 0.472 e. The van der Waals surface area contributed by atoms with Crippen molar-refractivity contribution in [1.82, 2.24) is 0 Å². The first kappa shape index (κ1) is 102. The number of phosphoric ester groups is 2. The van der Waals surface area contributed by atoms with Crippen LogP contribution in [0.2, 0.25) is 0 Å². The molecule has 0 aromatic rings. The summed E-state index contributed by atoms with van der Waals surface area (Å²) in [4.78, 5) is 73.2. The predicted molar refractivity (Wildman–Crippen MR) is 428 cm³/mol. The Balaban J connectivity index is 5.26. The fourth-order valence-electron chi connectivity index (χ4n) is 13.3. The number of esters is 4. The molecule has 618 valence electrons. The third kappa shape index (κ3) is 78.2. The third-order valence-electron chi connectivity index (χ3n) is 20.0. The van der Waals surface area contributed by atoms with Gasteiger partial charge in [0.15, 0.2) is 12.2 Å². The van der Waals surface area contributed by atoms with Gasteiger partial charge < -0.3 is 33.8 Å². The van der Waals surface area contributed by atoms with Gasteiger partial charge in [-0.25, -0.2) is 9.13 Å². The van der Waals surface area contributed by atoms with Gasteiger partial charge in [0.1, 0.15) is 19.3 Å². The quantitative estimate of drug-likeness (QED) is 0.0222. The lowest BCUT2D eigenvalue weighted by Gasteiger charge is -2.21. The molecule has 17 nitrogen and oxygen atoms in total. The Hall–Kier alpha value is -1.94. The molecule has 0 radical (unpaired) electrons. The standard InChI is InChI=1S/C85H166O17P2/c1-6-9-12-15-18-21-24-27-29-30-31-32-33-35-40-46-51-56-61-66-71-85(90)102-81(75-96-83(88)69-64-59-54-49-44-41-36-38-42-47-52-57-62-67-78(4)5)77-100-104(93,94)98-73-79(86)72-97-103(91,92)99-76-80(74-95-82(87)68-63-58-53-48-43-37-26-23-20-17-14-11-8-3)101-84(89)70-65-60-55-50-45-39-34-28-25-22-19-16-13-10-7-2/h78-81,86H,6-77H2,1-5H3,(H,91,92)(H,93,94)/t79-,80+,81+/m0/s1. The minimum Gasteiger partial charge on any atom is -0.462 e. The monoisotopic (exact) mass is 1520 g/mol. The van der Waals surface area contributed by atoms with Crippen molar-refractivity contribution in [2.24, 2.45) is 5.92 Å². The van der Waals surface area contributed by atoms with Crippen LogP contribution in [0.1, 0.15) is 458 Å². The maximum absolute atomic E-state index is 13.1. The molecular weight excluding hydrogens is 1350 g/mol. The highest BCUT2D eigenvalue weighted by Gasteiger charge is 2.30. The van der Waals surface area contributed by atoms with Gasteiger partial charge in [0.25, 0.3) is 0 Å². The van der Waals surface area contributed by atoms with E-state index < -0.39 is 97.5 Å². The normalized spacial score (nSPS) is 13.8. The van der Waals surface area contributed by atoms with Crippen molar-refractivity contribution in [3.63, 3.8) is 0 Å². The van der Waals surface area contributed by atoms with E-state index in [9.17, 15) is 43.2 Å². The Morgan fingerprint density at radius 2 is 0.442 bits per heavy atom. The summed E-state index contributed by atoms with van der Waals surface area (Å²) in [5, 5.41) is 10.7. The second kappa shape index (κ2) is 77.8. The Labute approximate surface area is 638 Å². The van der Waals surface area contributed by atoms with Gasteiger partial charge in [0.2, 0.25) is 0 Å². The van der Waals surface area contributed by atoms with Gasteiger partial charge in [-0.1, -0.05) is 407 Å². The van der Waals surface area contributed by atoms with Crippen molar-refractivity contribution >= 4 is 39.5 Å². The smallest absolute Gasteiger partial charge is 0.462 e. The molecule has 104 heavy (non-hydrogen) atoms. The summed E-state index contributed by atoms with van der Waals surface area (Å²) in [7, 11) is -9.93. The van der Waals surface area contributed by atoms with Crippen LogP contribution in [0.25, 0.3) is 0 Å². The van der Waals surface area contributed by atoms with Crippen LogP contribution in [0.15, 0.2) is 0 Å². The molecule has 0 saturated carbocycles. The zero-order chi connectivity index (χ0) is 76.2. The molecule has 3 N–H and O–H groups in total. The third-order valence-corrected chi connectivity index (χ3v) is 21.9. The molecule has 0 amide bonds. The molecular formula is C85H166O17P2. The molecule has 2 unspecified atom stereocenters. The Bertz CT molecular complexity index is 1980. The van der Waals surface area contributed by atoms with Crippen LogP contribution in [0.5, 0.6) is 0 Å². The molecule has 0 bridgehead atoms. The molecule has 0 aliphatic carbocycles. The van der Waals surface area contributed by atoms with Crippen molar-refractivity contribution in [2.45, 2.75) is 477 Å². The minimum absolute atomic E-state index is 0.109. The zero-order valence-corrected chi connectivity index (χ0v) is 70.0. The van der Waals surface area contributed by atoms with Crippen molar-refractivity contribution in [2.75, 3.05) is 39.6 Å². The van der Waals surface area contributed by atoms with Gasteiger partial charge in [-0.15, -0.1) is 0 Å². The molecule has 5 atom stereocenters. The summed E-state index contributed by atoms with van der Waals surface area (Å²) in [6, 6.07) is 0. The van der Waals surface area contributed by atoms with Crippen LogP contribution in [0, 0.1) is 5.92 Å². The van der Waals surface area contributed by atoms with E-state index in [0.717, 1.165) is 95.8 Å². The first-order chi connectivity index (χ1) is 50.5. The molecule has 0 aliphatic heterocycles. The largest absolute Gasteiger partial charge is 0.472 e. The molecule has 0 aliphatic rings. The molecule has 0 aromatic heterocycles. The van der Waals surface area contributed by atoms with Crippen LogP contribution < -0.4 is 0 Å². The number of phosphoric acid groups is 2. The Morgan fingerprint density at radius 1 is 0.260 bits per heavy atom. The van der Waals surface area contributed by atoms with E-state index >= 15 is 0 Å². The highest BCUT2D eigenvalue weighted by Crippen LogP contribution is 2.45. The van der Waals surface area contributed by atoms with Gasteiger partial charge in [-0.2, -0.15) is 0 Å². The number of aliphatic hydroxyl groups excluding tert-OH is 1. The number of hydrogen-bond acceptors (Lipinski definition) is 15. The van der Waals surface area contributed by atoms with E-state index in [1.54, 1.807) is 0 Å². The fourth-order valence-corrected chi connectivity index (χ4v) is 14.9. The van der Waals surface area contributed by atoms with Crippen molar-refractivity contribution in [3.05, 3.63) is 0 Å². The summed E-state index contributed by atoms with van der Waals surface area (Å²) >= 11 is 0. The average Bonchev–Trinajstić information content (AvgIpc) is 0.908. The lowest BCUT2D eigenvalue weighted by atomic mass is 10.0. The average molecular weight is 1520 g/mol. The molecule has 19 heteroatoms. The number of carbonyl (C=O) groups is 4. The fraction of sp³-hybridized carbons (Fsp3) is 0.953. The summed E-state index contributed by atoms with van der Waals surface area (Å²) in [5.41, 5.74) is 0. The lowest BCUT2D eigenvalue weighted by Crippen LogP contribution is -2.30. The summed E-state index contributed by atoms with van der Waals surface area (Å²) in [6.07, 6.45) is 70.7. The number of aliphatic hydroxyl groups is 1. The second-order valence-electron chi connectivity index (χ2n) is 31.1. The predicted octanol–water partition coefficient (Wildman–Crippen LogP) is 26.0. The van der Waals surface area contributed by atoms with Crippen LogP contribution in [0.4, 0.5) is 0 Å². The van der Waals surface area contributed by atoms with E-state index in [1.807, 2.05) is 0 Å². The van der Waals surface area contributed by atoms with Crippen LogP contribution in [-0.4, -0.2) is 96.7 Å². The Kier molecular flexibility index (Phi) is 76.3. The minimum atomic E-state index is -4.96. The van der Waals surface area contributed by atoms with Gasteiger partial charge in [-0.05, 0) is 31.6 Å². The maximum atomic E-state index is 13.1. The highest BCUT2D eigenvalue weighted by atomic mass is 31.2. The molecule has 0 fully saturated rings.